The van der Waals surface area contributed by atoms with E-state index in [1.807, 2.05) is 0 Å². The molecule has 0 N–H and O–H groups in total. The van der Waals surface area contributed by atoms with Gasteiger partial charge in [0.1, 0.15) is 10.6 Å². The van der Waals surface area contributed by atoms with Crippen LogP contribution in [0.15, 0.2) is 42.5 Å². The van der Waals surface area contributed by atoms with Gasteiger partial charge >= 0.3 is 0 Å². The van der Waals surface area contributed by atoms with E-state index in [-0.39, 0.29) is 17.4 Å². The Morgan fingerprint density at radius 3 is 2.65 bits per heavy atom. The van der Waals surface area contributed by atoms with Crippen LogP contribution < -0.4 is 12.4 Å². The number of aromatic nitrogens is 1. The maximum absolute atomic E-state index is 14.2. The van der Waals surface area contributed by atoms with E-state index in [4.69, 9.17) is 28.2 Å². The zero-order valence-electron chi connectivity index (χ0n) is 17.1. The standard InChI is InChI=1S/C25H20Cl2FNS.ClH/c1-13-4-3-5-15(8-13)17-11-22(18-10-21(28)20(27)12-19(18)26)29-25-24(17)16-7-6-14(2)9-23(16)30-25;/h3-5,8,10-12,14H,6-7,9H2,1-2H3;1H/p-1. The van der Waals surface area contributed by atoms with Gasteiger partial charge in [-0.05, 0) is 67.0 Å². The number of halogens is 4. The van der Waals surface area contributed by atoms with Crippen LogP contribution in [-0.2, 0) is 12.8 Å². The second-order valence-corrected chi connectivity index (χ2v) is 10.1. The van der Waals surface area contributed by atoms with Gasteiger partial charge in [-0.1, -0.05) is 60.0 Å². The third kappa shape index (κ3) is 4.09. The maximum atomic E-state index is 14.2. The Hall–Kier alpha value is -1.65. The smallest absolute Gasteiger partial charge is 0.142 e. The summed E-state index contributed by atoms with van der Waals surface area (Å²) in [6.45, 7) is 4.41. The molecule has 0 radical (unpaired) electrons. The summed E-state index contributed by atoms with van der Waals surface area (Å²) in [4.78, 5) is 7.36. The quantitative estimate of drug-likeness (QED) is 0.337. The van der Waals surface area contributed by atoms with Gasteiger partial charge in [-0.15, -0.1) is 11.3 Å². The fraction of sp³-hybridized carbons (Fsp3) is 0.240. The fourth-order valence-corrected chi connectivity index (χ4v) is 6.23. The van der Waals surface area contributed by atoms with Gasteiger partial charge in [-0.25, -0.2) is 9.37 Å². The van der Waals surface area contributed by atoms with E-state index in [2.05, 4.69) is 44.2 Å². The molecule has 0 spiro atoms. The summed E-state index contributed by atoms with van der Waals surface area (Å²) in [5.41, 5.74) is 6.15. The molecule has 2 heterocycles. The minimum atomic E-state index is -0.491. The molecule has 1 unspecified atom stereocenters. The molecule has 0 amide bonds. The van der Waals surface area contributed by atoms with E-state index in [0.717, 1.165) is 28.8 Å². The predicted molar refractivity (Wildman–Crippen MR) is 126 cm³/mol. The molecular formula is C25H20Cl3FNS-. The third-order valence-corrected chi connectivity index (χ3v) is 7.63. The number of nitrogens with zero attached hydrogens (tertiary/aromatic N) is 1. The lowest BCUT2D eigenvalue weighted by Gasteiger charge is -2.18. The van der Waals surface area contributed by atoms with E-state index in [1.165, 1.54) is 39.9 Å². The Balaban J connectivity index is 0.00000231. The van der Waals surface area contributed by atoms with Crippen molar-refractivity contribution in [2.75, 3.05) is 0 Å². The molecule has 1 aliphatic rings. The first-order valence-electron chi connectivity index (χ1n) is 10.1. The molecule has 2 aromatic heterocycles. The Bertz CT molecular complexity index is 1300. The molecule has 0 saturated heterocycles. The van der Waals surface area contributed by atoms with Gasteiger partial charge in [-0.2, -0.15) is 0 Å². The Labute approximate surface area is 201 Å². The zero-order chi connectivity index (χ0) is 21.0. The number of fused-ring (bicyclic) bond motifs is 3. The van der Waals surface area contributed by atoms with E-state index in [9.17, 15) is 4.39 Å². The van der Waals surface area contributed by atoms with Crippen molar-refractivity contribution in [1.82, 2.24) is 4.98 Å². The summed E-state index contributed by atoms with van der Waals surface area (Å²) >= 11 is 14.1. The molecule has 0 fully saturated rings. The topological polar surface area (TPSA) is 12.9 Å². The average molecular weight is 492 g/mol. The molecule has 160 valence electrons. The molecule has 0 bridgehead atoms. The van der Waals surface area contributed by atoms with Crippen molar-refractivity contribution in [3.8, 4) is 22.4 Å². The molecule has 0 saturated carbocycles. The molecule has 6 heteroatoms. The van der Waals surface area contributed by atoms with Crippen LogP contribution in [0.25, 0.3) is 32.6 Å². The highest BCUT2D eigenvalue weighted by Gasteiger charge is 2.24. The number of aryl methyl sites for hydroxylation is 2. The fourth-order valence-electron chi connectivity index (χ4n) is 4.34. The SMILES string of the molecule is Cc1cccc(-c2cc(-c3cc(F)c(Cl)cc3Cl)nc3sc4c(c23)CCC(C)C4)c1.[Cl-]. The minimum Gasteiger partial charge on any atom is -1.00 e. The number of hydrogen-bond acceptors (Lipinski definition) is 2. The number of hydrogen-bond donors (Lipinski definition) is 0. The summed E-state index contributed by atoms with van der Waals surface area (Å²) in [6, 6.07) is 13.4. The first-order chi connectivity index (χ1) is 14.4. The van der Waals surface area contributed by atoms with Crippen molar-refractivity contribution in [2.45, 2.75) is 33.1 Å². The molecule has 1 atom stereocenters. The summed E-state index contributed by atoms with van der Waals surface area (Å²) in [5, 5.41) is 1.66. The Morgan fingerprint density at radius 2 is 1.87 bits per heavy atom. The van der Waals surface area contributed by atoms with Crippen LogP contribution in [0.4, 0.5) is 4.39 Å². The van der Waals surface area contributed by atoms with E-state index < -0.39 is 5.82 Å². The molecule has 1 aliphatic carbocycles. The van der Waals surface area contributed by atoms with E-state index in [1.54, 1.807) is 11.3 Å². The minimum absolute atomic E-state index is 0. The lowest BCUT2D eigenvalue weighted by Crippen LogP contribution is -3.00. The molecule has 31 heavy (non-hydrogen) atoms. The summed E-state index contributed by atoms with van der Waals surface area (Å²) in [5.74, 6) is 0.196. The van der Waals surface area contributed by atoms with Gasteiger partial charge in [-0.3, -0.25) is 0 Å². The maximum Gasteiger partial charge on any atom is 0.142 e. The van der Waals surface area contributed by atoms with Gasteiger partial charge in [0.2, 0.25) is 0 Å². The second kappa shape index (κ2) is 8.71. The van der Waals surface area contributed by atoms with Crippen LogP contribution in [-0.4, -0.2) is 4.98 Å². The highest BCUT2D eigenvalue weighted by Crippen LogP contribution is 2.44. The van der Waals surface area contributed by atoms with Crippen LogP contribution in [0, 0.1) is 18.7 Å². The first-order valence-corrected chi connectivity index (χ1v) is 11.6. The monoisotopic (exact) mass is 490 g/mol. The van der Waals surface area contributed by atoms with Crippen LogP contribution in [0.2, 0.25) is 10.0 Å². The van der Waals surface area contributed by atoms with Gasteiger partial charge in [0.05, 0.1) is 15.7 Å². The molecule has 4 aromatic rings. The zero-order valence-corrected chi connectivity index (χ0v) is 20.2. The van der Waals surface area contributed by atoms with Gasteiger partial charge in [0.25, 0.3) is 0 Å². The summed E-state index contributed by atoms with van der Waals surface area (Å²) in [7, 11) is 0. The van der Waals surface area contributed by atoms with Crippen LogP contribution in [0.5, 0.6) is 0 Å². The van der Waals surface area contributed by atoms with Gasteiger partial charge < -0.3 is 12.4 Å². The van der Waals surface area contributed by atoms with Crippen molar-refractivity contribution in [2.24, 2.45) is 5.92 Å². The average Bonchev–Trinajstić information content (AvgIpc) is 3.07. The molecule has 2 aromatic carbocycles. The lowest BCUT2D eigenvalue weighted by atomic mass is 9.87. The summed E-state index contributed by atoms with van der Waals surface area (Å²) < 4.78 is 14.2. The van der Waals surface area contributed by atoms with Gasteiger partial charge in [0.15, 0.2) is 0 Å². The highest BCUT2D eigenvalue weighted by atomic mass is 35.5. The predicted octanol–water partition coefficient (Wildman–Crippen LogP) is 5.51. The second-order valence-electron chi connectivity index (χ2n) is 8.20. The number of pyridine rings is 1. The largest absolute Gasteiger partial charge is 1.00 e. The molecule has 1 nitrogen and oxygen atoms in total. The molecule has 0 aliphatic heterocycles. The third-order valence-electron chi connectivity index (χ3n) is 5.88. The van der Waals surface area contributed by atoms with Crippen molar-refractivity contribution in [3.05, 3.63) is 74.3 Å². The van der Waals surface area contributed by atoms with E-state index >= 15 is 0 Å². The Morgan fingerprint density at radius 1 is 1.06 bits per heavy atom. The summed E-state index contributed by atoms with van der Waals surface area (Å²) in [6.07, 6.45) is 3.37. The van der Waals surface area contributed by atoms with Crippen LogP contribution in [0.1, 0.15) is 29.3 Å². The number of thiophene rings is 1. The molecule has 5 rings (SSSR count). The Kier molecular flexibility index (Phi) is 6.33. The number of rotatable bonds is 2. The van der Waals surface area contributed by atoms with Crippen LogP contribution >= 0.6 is 34.5 Å². The van der Waals surface area contributed by atoms with Gasteiger partial charge in [0, 0.05) is 15.8 Å². The highest BCUT2D eigenvalue weighted by molar-refractivity contribution is 7.19. The lowest BCUT2D eigenvalue weighted by molar-refractivity contribution is -0.00000642. The molecular weight excluding hydrogens is 472 g/mol. The first kappa shape index (κ1) is 22.5. The van der Waals surface area contributed by atoms with Crippen molar-refractivity contribution >= 4 is 44.8 Å². The number of benzene rings is 2. The van der Waals surface area contributed by atoms with E-state index in [0.29, 0.717) is 22.2 Å². The van der Waals surface area contributed by atoms with Crippen molar-refractivity contribution in [3.63, 3.8) is 0 Å². The van der Waals surface area contributed by atoms with Crippen molar-refractivity contribution in [1.29, 1.82) is 0 Å². The van der Waals surface area contributed by atoms with Crippen LogP contribution in [0.3, 0.4) is 0 Å². The van der Waals surface area contributed by atoms with Crippen molar-refractivity contribution < 1.29 is 16.8 Å². The normalized spacial score (nSPS) is 15.6.